The highest BCUT2D eigenvalue weighted by atomic mass is 35.5. The van der Waals surface area contributed by atoms with Crippen molar-refractivity contribution in [3.8, 4) is 5.75 Å². The summed E-state index contributed by atoms with van der Waals surface area (Å²) in [6, 6.07) is 13.0. The third-order valence-electron chi connectivity index (χ3n) is 4.87. The lowest BCUT2D eigenvalue weighted by Gasteiger charge is -2.32. The van der Waals surface area contributed by atoms with Gasteiger partial charge in [-0.25, -0.2) is 8.42 Å². The highest BCUT2D eigenvalue weighted by Gasteiger charge is 2.32. The first-order chi connectivity index (χ1) is 12.4. The van der Waals surface area contributed by atoms with Crippen molar-refractivity contribution in [1.29, 1.82) is 0 Å². The number of quaternary nitrogens is 1. The van der Waals surface area contributed by atoms with Gasteiger partial charge in [-0.1, -0.05) is 35.9 Å². The number of benzene rings is 2. The van der Waals surface area contributed by atoms with Gasteiger partial charge in [-0.2, -0.15) is 4.31 Å². The van der Waals surface area contributed by atoms with Crippen LogP contribution in [0.3, 0.4) is 0 Å². The maximum atomic E-state index is 13.0. The quantitative estimate of drug-likeness (QED) is 0.839. The van der Waals surface area contributed by atoms with Crippen molar-refractivity contribution >= 4 is 21.6 Å². The van der Waals surface area contributed by atoms with E-state index >= 15 is 0 Å². The van der Waals surface area contributed by atoms with E-state index in [1.165, 1.54) is 33.5 Å². The number of halogens is 1. The average molecular weight is 396 g/mol. The summed E-state index contributed by atoms with van der Waals surface area (Å²) in [7, 11) is -2.16. The summed E-state index contributed by atoms with van der Waals surface area (Å²) in [6.45, 7) is 5.55. The van der Waals surface area contributed by atoms with E-state index in [1.807, 2.05) is 12.1 Å². The van der Waals surface area contributed by atoms with Crippen molar-refractivity contribution in [1.82, 2.24) is 4.31 Å². The van der Waals surface area contributed by atoms with E-state index in [2.05, 4.69) is 19.1 Å². The van der Waals surface area contributed by atoms with Gasteiger partial charge in [0, 0.05) is 10.6 Å². The fourth-order valence-corrected chi connectivity index (χ4v) is 5.15. The Balaban J connectivity index is 1.71. The van der Waals surface area contributed by atoms with Gasteiger partial charge in [0.1, 0.15) is 17.2 Å². The molecule has 2 aromatic rings. The first kappa shape index (κ1) is 19.2. The maximum Gasteiger partial charge on any atom is 0.247 e. The van der Waals surface area contributed by atoms with Crippen LogP contribution in [0.15, 0.2) is 47.4 Å². The molecule has 0 atom stereocenters. The SMILES string of the molecule is COc1ccc(Cl)cc1S(=O)(=O)N1CC[NH+](Cc2ccccc2C)CC1. The van der Waals surface area contributed by atoms with Gasteiger partial charge >= 0.3 is 0 Å². The van der Waals surface area contributed by atoms with E-state index in [1.54, 1.807) is 12.1 Å². The van der Waals surface area contributed by atoms with Crippen LogP contribution >= 0.6 is 11.6 Å². The van der Waals surface area contributed by atoms with Crippen molar-refractivity contribution < 1.29 is 18.1 Å². The second-order valence-electron chi connectivity index (χ2n) is 6.55. The molecule has 0 spiro atoms. The monoisotopic (exact) mass is 395 g/mol. The summed E-state index contributed by atoms with van der Waals surface area (Å²) >= 11 is 6.00. The summed E-state index contributed by atoms with van der Waals surface area (Å²) in [6.07, 6.45) is 0. The number of piperazine rings is 1. The molecule has 0 aromatic heterocycles. The molecule has 1 N–H and O–H groups in total. The van der Waals surface area contributed by atoms with Crippen LogP contribution in [0, 0.1) is 6.92 Å². The lowest BCUT2D eigenvalue weighted by Crippen LogP contribution is -3.13. The second kappa shape index (κ2) is 7.96. The summed E-state index contributed by atoms with van der Waals surface area (Å²) in [4.78, 5) is 1.53. The van der Waals surface area contributed by atoms with E-state index in [0.29, 0.717) is 23.9 Å². The number of hydrogen-bond donors (Lipinski definition) is 1. The molecular formula is C19H24ClN2O3S+. The van der Waals surface area contributed by atoms with Gasteiger partial charge in [-0.3, -0.25) is 0 Å². The molecule has 3 rings (SSSR count). The lowest BCUT2D eigenvalue weighted by molar-refractivity contribution is -0.917. The van der Waals surface area contributed by atoms with Gasteiger partial charge in [0.15, 0.2) is 0 Å². The van der Waals surface area contributed by atoms with Gasteiger partial charge in [0.05, 0.1) is 33.3 Å². The van der Waals surface area contributed by atoms with Crippen LogP contribution in [-0.4, -0.2) is 46.0 Å². The number of rotatable bonds is 5. The van der Waals surface area contributed by atoms with Crippen LogP contribution in [0.2, 0.25) is 5.02 Å². The van der Waals surface area contributed by atoms with Gasteiger partial charge in [-0.15, -0.1) is 0 Å². The van der Waals surface area contributed by atoms with Crippen LogP contribution in [0.25, 0.3) is 0 Å². The third kappa shape index (κ3) is 4.04. The van der Waals surface area contributed by atoms with Crippen molar-refractivity contribution in [3.63, 3.8) is 0 Å². The second-order valence-corrected chi connectivity index (χ2v) is 8.90. The lowest BCUT2D eigenvalue weighted by atomic mass is 10.1. The van der Waals surface area contributed by atoms with E-state index in [0.717, 1.165) is 19.6 Å². The topological polar surface area (TPSA) is 51.1 Å². The van der Waals surface area contributed by atoms with Crippen molar-refractivity contribution in [2.75, 3.05) is 33.3 Å². The van der Waals surface area contributed by atoms with Crippen LogP contribution in [0.5, 0.6) is 5.75 Å². The summed E-state index contributed by atoms with van der Waals surface area (Å²) in [5.74, 6) is 0.323. The first-order valence-corrected chi connectivity index (χ1v) is 10.5. The van der Waals surface area contributed by atoms with Crippen molar-refractivity contribution in [2.24, 2.45) is 0 Å². The van der Waals surface area contributed by atoms with Gasteiger partial charge in [0.25, 0.3) is 0 Å². The molecular weight excluding hydrogens is 372 g/mol. The summed E-state index contributed by atoms with van der Waals surface area (Å²) in [5, 5.41) is 0.383. The van der Waals surface area contributed by atoms with E-state index in [4.69, 9.17) is 16.3 Å². The minimum Gasteiger partial charge on any atom is -0.495 e. The van der Waals surface area contributed by atoms with Crippen molar-refractivity contribution in [3.05, 3.63) is 58.6 Å². The van der Waals surface area contributed by atoms with E-state index in [-0.39, 0.29) is 4.90 Å². The molecule has 2 aromatic carbocycles. The number of ether oxygens (including phenoxy) is 1. The Bertz CT molecular complexity index is 878. The van der Waals surface area contributed by atoms with Gasteiger partial charge in [0.2, 0.25) is 10.0 Å². The maximum absolute atomic E-state index is 13.0. The minimum absolute atomic E-state index is 0.134. The van der Waals surface area contributed by atoms with Crippen LogP contribution < -0.4 is 9.64 Å². The summed E-state index contributed by atoms with van der Waals surface area (Å²) < 4.78 is 32.8. The number of nitrogens with one attached hydrogen (secondary N) is 1. The Morgan fingerprint density at radius 3 is 2.50 bits per heavy atom. The standard InChI is InChI=1S/C19H23ClN2O3S/c1-15-5-3-4-6-16(15)14-21-9-11-22(12-10-21)26(23,24)19-13-17(20)7-8-18(19)25-2/h3-8,13H,9-12,14H2,1-2H3/p+1. The fourth-order valence-electron chi connectivity index (χ4n) is 3.29. The number of nitrogens with zero attached hydrogens (tertiary/aromatic N) is 1. The Labute approximate surface area is 160 Å². The molecule has 1 fully saturated rings. The number of hydrogen-bond acceptors (Lipinski definition) is 3. The van der Waals surface area contributed by atoms with Crippen LogP contribution in [-0.2, 0) is 16.6 Å². The van der Waals surface area contributed by atoms with Gasteiger partial charge < -0.3 is 9.64 Å². The molecule has 26 heavy (non-hydrogen) atoms. The number of sulfonamides is 1. The highest BCUT2D eigenvalue weighted by molar-refractivity contribution is 7.89. The molecule has 0 saturated carbocycles. The minimum atomic E-state index is -3.62. The molecule has 0 unspecified atom stereocenters. The Hall–Kier alpha value is -1.60. The van der Waals surface area contributed by atoms with Crippen LogP contribution in [0.1, 0.15) is 11.1 Å². The average Bonchev–Trinajstić information content (AvgIpc) is 2.64. The smallest absolute Gasteiger partial charge is 0.247 e. The Morgan fingerprint density at radius 2 is 1.85 bits per heavy atom. The number of methoxy groups -OCH3 is 1. The molecule has 1 aliphatic rings. The molecule has 0 radical (unpaired) electrons. The first-order valence-electron chi connectivity index (χ1n) is 8.63. The zero-order chi connectivity index (χ0) is 18.7. The van der Waals surface area contributed by atoms with E-state index in [9.17, 15) is 8.42 Å². The Morgan fingerprint density at radius 1 is 1.15 bits per heavy atom. The molecule has 140 valence electrons. The molecule has 1 heterocycles. The molecule has 1 saturated heterocycles. The zero-order valence-electron chi connectivity index (χ0n) is 15.0. The normalized spacial score (nSPS) is 16.6. The largest absolute Gasteiger partial charge is 0.495 e. The molecule has 0 amide bonds. The predicted molar refractivity (Wildman–Crippen MR) is 102 cm³/mol. The van der Waals surface area contributed by atoms with E-state index < -0.39 is 10.0 Å². The predicted octanol–water partition coefficient (Wildman–Crippen LogP) is 1.75. The van der Waals surface area contributed by atoms with Crippen molar-refractivity contribution in [2.45, 2.75) is 18.4 Å². The highest BCUT2D eigenvalue weighted by Crippen LogP contribution is 2.29. The van der Waals surface area contributed by atoms with Crippen LogP contribution in [0.4, 0.5) is 0 Å². The zero-order valence-corrected chi connectivity index (χ0v) is 16.6. The molecule has 0 bridgehead atoms. The van der Waals surface area contributed by atoms with Gasteiger partial charge in [-0.05, 0) is 30.7 Å². The molecule has 1 aliphatic heterocycles. The number of aryl methyl sites for hydroxylation is 1. The molecule has 5 nitrogen and oxygen atoms in total. The summed E-state index contributed by atoms with van der Waals surface area (Å²) in [5.41, 5.74) is 2.59. The molecule has 0 aliphatic carbocycles. The Kier molecular flexibility index (Phi) is 5.87. The fraction of sp³-hybridized carbons (Fsp3) is 0.368. The molecule has 7 heteroatoms. The third-order valence-corrected chi connectivity index (χ3v) is 7.03.